The van der Waals surface area contributed by atoms with Crippen LogP contribution in [0.5, 0.6) is 5.75 Å². The maximum absolute atomic E-state index is 12.4. The monoisotopic (exact) mass is 446 g/mol. The van der Waals surface area contributed by atoms with E-state index in [4.69, 9.17) is 4.74 Å². The van der Waals surface area contributed by atoms with Gasteiger partial charge in [0.25, 0.3) is 0 Å². The summed E-state index contributed by atoms with van der Waals surface area (Å²) >= 11 is 0. The van der Waals surface area contributed by atoms with Crippen LogP contribution in [0.1, 0.15) is 57.7 Å². The van der Waals surface area contributed by atoms with E-state index in [1.54, 1.807) is 24.3 Å². The number of hydrogen-bond donors (Lipinski definition) is 1. The molecule has 6 nitrogen and oxygen atoms in total. The highest BCUT2D eigenvalue weighted by Gasteiger charge is 2.19. The predicted octanol–water partition coefficient (Wildman–Crippen LogP) is 4.42. The van der Waals surface area contributed by atoms with Crippen molar-refractivity contribution in [1.82, 2.24) is 5.32 Å². The Bertz CT molecular complexity index is 979. The van der Waals surface area contributed by atoms with Crippen molar-refractivity contribution in [2.75, 3.05) is 24.2 Å². The Morgan fingerprint density at radius 1 is 1.13 bits per heavy atom. The van der Waals surface area contributed by atoms with Crippen LogP contribution in [0.2, 0.25) is 0 Å². The number of hydrogen-bond acceptors (Lipinski definition) is 4. The van der Waals surface area contributed by atoms with Crippen LogP contribution in [0.25, 0.3) is 0 Å². The molecule has 170 valence electrons. The molecule has 0 aliphatic rings. The van der Waals surface area contributed by atoms with Gasteiger partial charge >= 0.3 is 0 Å². The lowest BCUT2D eigenvalue weighted by Gasteiger charge is -2.23. The molecule has 2 aromatic rings. The maximum Gasteiger partial charge on any atom is 0.232 e. The number of anilines is 1. The highest BCUT2D eigenvalue weighted by molar-refractivity contribution is 7.92. The molecule has 0 heterocycles. The average molecular weight is 447 g/mol. The Labute approximate surface area is 186 Å². The van der Waals surface area contributed by atoms with Crippen molar-refractivity contribution in [2.24, 2.45) is 0 Å². The predicted molar refractivity (Wildman–Crippen MR) is 126 cm³/mol. The highest BCUT2D eigenvalue weighted by atomic mass is 32.2. The number of amides is 1. The Kier molecular flexibility index (Phi) is 8.12. The molecule has 0 spiro atoms. The lowest BCUT2D eigenvalue weighted by atomic mass is 9.86. The van der Waals surface area contributed by atoms with Crippen LogP contribution < -0.4 is 14.4 Å². The molecule has 0 fully saturated rings. The van der Waals surface area contributed by atoms with Crippen molar-refractivity contribution < 1.29 is 17.9 Å². The summed E-state index contributed by atoms with van der Waals surface area (Å²) in [5.74, 6) is 0.474. The van der Waals surface area contributed by atoms with Crippen LogP contribution in [0, 0.1) is 0 Å². The van der Waals surface area contributed by atoms with Crippen LogP contribution in [-0.2, 0) is 20.2 Å². The van der Waals surface area contributed by atoms with Crippen LogP contribution in [0.3, 0.4) is 0 Å². The average Bonchev–Trinajstić information content (AvgIpc) is 2.69. The lowest BCUT2D eigenvalue weighted by Crippen LogP contribution is -2.32. The molecular formula is C24H34N2O4S. The Hall–Kier alpha value is -2.54. The van der Waals surface area contributed by atoms with Gasteiger partial charge in [-0.3, -0.25) is 9.10 Å². The molecular weight excluding hydrogens is 412 g/mol. The molecule has 1 atom stereocenters. The van der Waals surface area contributed by atoms with Crippen molar-refractivity contribution in [3.63, 3.8) is 0 Å². The van der Waals surface area contributed by atoms with Gasteiger partial charge in [-0.05, 0) is 42.0 Å². The first-order chi connectivity index (χ1) is 14.4. The summed E-state index contributed by atoms with van der Waals surface area (Å²) in [7, 11) is -1.94. The van der Waals surface area contributed by atoms with Gasteiger partial charge in [-0.25, -0.2) is 8.42 Å². The highest BCUT2D eigenvalue weighted by Crippen LogP contribution is 2.25. The van der Waals surface area contributed by atoms with Crippen LogP contribution in [-0.4, -0.2) is 34.2 Å². The number of carbonyl (C=O) groups is 1. The van der Waals surface area contributed by atoms with E-state index in [1.165, 1.54) is 17.0 Å². The van der Waals surface area contributed by atoms with E-state index in [9.17, 15) is 13.2 Å². The molecule has 31 heavy (non-hydrogen) atoms. The van der Waals surface area contributed by atoms with Gasteiger partial charge < -0.3 is 10.1 Å². The van der Waals surface area contributed by atoms with Crippen molar-refractivity contribution in [3.8, 4) is 5.75 Å². The van der Waals surface area contributed by atoms with Crippen LogP contribution in [0.4, 0.5) is 5.69 Å². The van der Waals surface area contributed by atoms with Crippen molar-refractivity contribution >= 4 is 21.6 Å². The van der Waals surface area contributed by atoms with E-state index >= 15 is 0 Å². The van der Waals surface area contributed by atoms with Gasteiger partial charge in [0.05, 0.1) is 25.1 Å². The fourth-order valence-electron chi connectivity index (χ4n) is 3.30. The second kappa shape index (κ2) is 10.2. The van der Waals surface area contributed by atoms with Crippen molar-refractivity contribution in [2.45, 2.75) is 52.0 Å². The number of benzene rings is 2. The normalized spacial score (nSPS) is 12.8. The molecule has 1 amide bonds. The number of rotatable bonds is 9. The Balaban J connectivity index is 1.94. The third kappa shape index (κ3) is 7.28. The lowest BCUT2D eigenvalue weighted by molar-refractivity contribution is -0.121. The second-order valence-corrected chi connectivity index (χ2v) is 10.7. The molecule has 2 aromatic carbocycles. The smallest absolute Gasteiger partial charge is 0.232 e. The Morgan fingerprint density at radius 2 is 1.77 bits per heavy atom. The minimum Gasteiger partial charge on any atom is -0.497 e. The van der Waals surface area contributed by atoms with Crippen LogP contribution in [0.15, 0.2) is 48.5 Å². The first kappa shape index (κ1) is 24.7. The summed E-state index contributed by atoms with van der Waals surface area (Å²) in [5.41, 5.74) is 2.89. The topological polar surface area (TPSA) is 75.7 Å². The van der Waals surface area contributed by atoms with Gasteiger partial charge in [0.2, 0.25) is 15.9 Å². The number of sulfonamides is 1. The van der Waals surface area contributed by atoms with Gasteiger partial charge in [-0.1, -0.05) is 51.1 Å². The van der Waals surface area contributed by atoms with E-state index in [0.717, 1.165) is 11.8 Å². The molecule has 0 bridgehead atoms. The van der Waals surface area contributed by atoms with E-state index in [-0.39, 0.29) is 30.3 Å². The number of ether oxygens (including phenoxy) is 1. The molecule has 0 saturated carbocycles. The fourth-order valence-corrected chi connectivity index (χ4v) is 4.26. The summed E-state index contributed by atoms with van der Waals surface area (Å²) in [6, 6.07) is 15.0. The standard InChI is InChI=1S/C24H34N2O4S/c1-18(19-12-14-20(15-13-19)24(2,3)4)25-23(27)11-8-16-26(31(6,28)29)21-9-7-10-22(17-21)30-5/h7,9-10,12-15,17-18H,8,11,16H2,1-6H3,(H,25,27)/t18-/m1/s1. The molecule has 0 aromatic heterocycles. The fraction of sp³-hybridized carbons (Fsp3) is 0.458. The third-order valence-corrected chi connectivity index (χ3v) is 6.35. The minimum absolute atomic E-state index is 0.0826. The number of nitrogens with one attached hydrogen (secondary N) is 1. The summed E-state index contributed by atoms with van der Waals surface area (Å²) in [5, 5.41) is 3.00. The zero-order valence-electron chi connectivity index (χ0n) is 19.3. The van der Waals surface area contributed by atoms with Crippen molar-refractivity contribution in [3.05, 3.63) is 59.7 Å². The molecule has 7 heteroatoms. The van der Waals surface area contributed by atoms with Crippen LogP contribution >= 0.6 is 0 Å². The summed E-state index contributed by atoms with van der Waals surface area (Å²) in [4.78, 5) is 12.4. The number of nitrogens with zero attached hydrogens (tertiary/aromatic N) is 1. The Morgan fingerprint density at radius 3 is 2.32 bits per heavy atom. The first-order valence-corrected chi connectivity index (χ1v) is 12.3. The SMILES string of the molecule is COc1cccc(N(CCCC(=O)N[C@H](C)c2ccc(C(C)(C)C)cc2)S(C)(=O)=O)c1. The molecule has 2 rings (SSSR count). The maximum atomic E-state index is 12.4. The molecule has 1 N–H and O–H groups in total. The van der Waals surface area contributed by atoms with E-state index in [2.05, 4.69) is 38.2 Å². The van der Waals surface area contributed by atoms with E-state index in [1.807, 2.05) is 19.1 Å². The molecule has 0 unspecified atom stereocenters. The van der Waals surface area contributed by atoms with E-state index in [0.29, 0.717) is 17.9 Å². The van der Waals surface area contributed by atoms with Gasteiger partial charge in [0.1, 0.15) is 5.75 Å². The molecule has 0 aliphatic carbocycles. The largest absolute Gasteiger partial charge is 0.497 e. The molecule has 0 saturated heterocycles. The van der Waals surface area contributed by atoms with Gasteiger partial charge in [0.15, 0.2) is 0 Å². The summed E-state index contributed by atoms with van der Waals surface area (Å²) in [6.07, 6.45) is 1.81. The molecule has 0 radical (unpaired) electrons. The van der Waals surface area contributed by atoms with Gasteiger partial charge in [-0.2, -0.15) is 0 Å². The van der Waals surface area contributed by atoms with Crippen molar-refractivity contribution in [1.29, 1.82) is 0 Å². The van der Waals surface area contributed by atoms with Gasteiger partial charge in [0, 0.05) is 19.0 Å². The zero-order valence-corrected chi connectivity index (χ0v) is 20.1. The second-order valence-electron chi connectivity index (χ2n) is 8.80. The first-order valence-electron chi connectivity index (χ1n) is 10.4. The minimum atomic E-state index is -3.48. The quantitative estimate of drug-likeness (QED) is 0.619. The summed E-state index contributed by atoms with van der Waals surface area (Å²) in [6.45, 7) is 8.66. The summed E-state index contributed by atoms with van der Waals surface area (Å²) < 4.78 is 31.0. The molecule has 0 aliphatic heterocycles. The third-order valence-electron chi connectivity index (χ3n) is 5.16. The number of methoxy groups -OCH3 is 1. The van der Waals surface area contributed by atoms with Gasteiger partial charge in [-0.15, -0.1) is 0 Å². The van der Waals surface area contributed by atoms with E-state index < -0.39 is 10.0 Å². The zero-order chi connectivity index (χ0) is 23.2. The number of carbonyl (C=O) groups excluding carboxylic acids is 1.